The zero-order chi connectivity index (χ0) is 18.1. The normalized spacial score (nSPS) is 25.1. The van der Waals surface area contributed by atoms with Crippen molar-refractivity contribution in [2.75, 3.05) is 6.54 Å². The second kappa shape index (κ2) is 7.41. The molecule has 4 N–H and O–H groups in total. The molecule has 140 valence electrons. The predicted molar refractivity (Wildman–Crippen MR) is 102 cm³/mol. The van der Waals surface area contributed by atoms with Gasteiger partial charge in [-0.15, -0.1) is 0 Å². The first-order valence-electron chi connectivity index (χ1n) is 9.89. The maximum absolute atomic E-state index is 11.5. The fourth-order valence-corrected chi connectivity index (χ4v) is 5.12. The van der Waals surface area contributed by atoms with Gasteiger partial charge in [0, 0.05) is 30.1 Å². The number of fused-ring (bicyclic) bond motifs is 1. The second-order valence-electron chi connectivity index (χ2n) is 7.99. The number of pyridine rings is 1. The lowest BCUT2D eigenvalue weighted by Gasteiger charge is -2.27. The number of aromatic hydroxyl groups is 1. The number of nitrogens with one attached hydrogen (secondary N) is 2. The van der Waals surface area contributed by atoms with Crippen molar-refractivity contribution in [1.29, 1.82) is 0 Å². The number of phenolic OH excluding ortho intramolecular Hbond substituents is 1. The van der Waals surface area contributed by atoms with Gasteiger partial charge in [0.15, 0.2) is 0 Å². The Labute approximate surface area is 153 Å². The minimum Gasteiger partial charge on any atom is -0.508 e. The topological polar surface area (TPSA) is 85.3 Å². The highest BCUT2D eigenvalue weighted by atomic mass is 16.3. The van der Waals surface area contributed by atoms with Crippen LogP contribution in [0, 0.1) is 11.8 Å². The Morgan fingerprint density at radius 3 is 2.73 bits per heavy atom. The Bertz CT molecular complexity index is 826. The smallest absolute Gasteiger partial charge is 0.248 e. The molecule has 0 unspecified atom stereocenters. The number of aromatic nitrogens is 1. The van der Waals surface area contributed by atoms with Crippen LogP contribution in [0.25, 0.3) is 10.9 Å². The minimum absolute atomic E-state index is 0.0538. The Morgan fingerprint density at radius 1 is 1.12 bits per heavy atom. The summed E-state index contributed by atoms with van der Waals surface area (Å²) in [6, 6.07) is 6.76. The van der Waals surface area contributed by atoms with Crippen LogP contribution < -0.4 is 10.9 Å². The van der Waals surface area contributed by atoms with Crippen molar-refractivity contribution in [2.45, 2.75) is 57.1 Å². The third kappa shape index (κ3) is 3.51. The lowest BCUT2D eigenvalue weighted by atomic mass is 9.86. The average Bonchev–Trinajstić information content (AvgIpc) is 3.29. The molecule has 4 rings (SSSR count). The highest BCUT2D eigenvalue weighted by Gasteiger charge is 2.34. The van der Waals surface area contributed by atoms with Gasteiger partial charge in [0.2, 0.25) is 5.56 Å². The van der Waals surface area contributed by atoms with E-state index in [9.17, 15) is 15.0 Å². The lowest BCUT2D eigenvalue weighted by molar-refractivity contribution is 0.162. The van der Waals surface area contributed by atoms with E-state index in [1.165, 1.54) is 57.1 Å². The summed E-state index contributed by atoms with van der Waals surface area (Å²) in [5, 5.41) is 25.1. The van der Waals surface area contributed by atoms with Crippen molar-refractivity contribution < 1.29 is 10.2 Å². The zero-order valence-electron chi connectivity index (χ0n) is 15.1. The number of hydrogen-bond donors (Lipinski definition) is 4. The third-order valence-electron chi connectivity index (χ3n) is 6.36. The number of rotatable bonds is 5. The summed E-state index contributed by atoms with van der Waals surface area (Å²) in [6.07, 6.45) is 8.47. The largest absolute Gasteiger partial charge is 0.508 e. The molecular weight excluding hydrogens is 328 g/mol. The van der Waals surface area contributed by atoms with Gasteiger partial charge in [-0.3, -0.25) is 4.79 Å². The van der Waals surface area contributed by atoms with Crippen molar-refractivity contribution >= 4 is 10.9 Å². The van der Waals surface area contributed by atoms with Crippen LogP contribution in [0.15, 0.2) is 29.1 Å². The Balaban J connectivity index is 1.49. The number of aromatic amines is 1. The SMILES string of the molecule is O=c1ccc2c([C@@H](O)CN[C@H]3CCC[C@H]3C3CCCC3)cc(O)cc2[nH]1. The maximum Gasteiger partial charge on any atom is 0.248 e. The van der Waals surface area contributed by atoms with Crippen LogP contribution in [-0.2, 0) is 0 Å². The van der Waals surface area contributed by atoms with Gasteiger partial charge in [0.1, 0.15) is 5.75 Å². The van der Waals surface area contributed by atoms with E-state index in [0.717, 1.165) is 17.2 Å². The molecule has 2 aliphatic rings. The van der Waals surface area contributed by atoms with Gasteiger partial charge in [-0.05, 0) is 42.4 Å². The number of hydrogen-bond acceptors (Lipinski definition) is 4. The molecule has 0 spiro atoms. The lowest BCUT2D eigenvalue weighted by Crippen LogP contribution is -2.37. The summed E-state index contributed by atoms with van der Waals surface area (Å²) in [4.78, 5) is 14.2. The number of H-pyrrole nitrogens is 1. The van der Waals surface area contributed by atoms with Crippen molar-refractivity contribution in [2.24, 2.45) is 11.8 Å². The molecule has 0 saturated heterocycles. The molecule has 3 atom stereocenters. The molecule has 0 amide bonds. The fraction of sp³-hybridized carbons (Fsp3) is 0.571. The van der Waals surface area contributed by atoms with E-state index in [4.69, 9.17) is 0 Å². The highest BCUT2D eigenvalue weighted by molar-refractivity contribution is 5.84. The Kier molecular flexibility index (Phi) is 5.00. The number of aliphatic hydroxyl groups is 1. The van der Waals surface area contributed by atoms with Crippen molar-refractivity contribution in [1.82, 2.24) is 10.3 Å². The summed E-state index contributed by atoms with van der Waals surface area (Å²) in [7, 11) is 0. The Morgan fingerprint density at radius 2 is 1.92 bits per heavy atom. The monoisotopic (exact) mass is 356 g/mol. The van der Waals surface area contributed by atoms with Gasteiger partial charge >= 0.3 is 0 Å². The van der Waals surface area contributed by atoms with Gasteiger partial charge in [-0.1, -0.05) is 32.1 Å². The van der Waals surface area contributed by atoms with E-state index in [1.807, 2.05) is 0 Å². The molecule has 26 heavy (non-hydrogen) atoms. The van der Waals surface area contributed by atoms with Crippen LogP contribution in [0.4, 0.5) is 0 Å². The zero-order valence-corrected chi connectivity index (χ0v) is 15.1. The van der Waals surface area contributed by atoms with Gasteiger partial charge in [-0.2, -0.15) is 0 Å². The van der Waals surface area contributed by atoms with Gasteiger partial charge in [0.25, 0.3) is 0 Å². The molecular formula is C21H28N2O3. The first-order chi connectivity index (χ1) is 12.6. The number of aliphatic hydroxyl groups excluding tert-OH is 1. The summed E-state index contributed by atoms with van der Waals surface area (Å²) in [5.74, 6) is 1.64. The van der Waals surface area contributed by atoms with Crippen LogP contribution in [0.3, 0.4) is 0 Å². The van der Waals surface area contributed by atoms with Gasteiger partial charge in [0.05, 0.1) is 11.6 Å². The first-order valence-corrected chi connectivity index (χ1v) is 9.89. The maximum atomic E-state index is 11.5. The van der Waals surface area contributed by atoms with Gasteiger partial charge < -0.3 is 20.5 Å². The van der Waals surface area contributed by atoms with Crippen LogP contribution in [0.5, 0.6) is 5.75 Å². The summed E-state index contributed by atoms with van der Waals surface area (Å²) in [6.45, 7) is 0.464. The quantitative estimate of drug-likeness (QED) is 0.663. The van der Waals surface area contributed by atoms with Crippen LogP contribution in [-0.4, -0.2) is 27.8 Å². The molecule has 2 aliphatic carbocycles. The number of benzene rings is 1. The second-order valence-corrected chi connectivity index (χ2v) is 7.99. The van der Waals surface area contributed by atoms with E-state index in [0.29, 0.717) is 23.7 Å². The standard InChI is InChI=1S/C21H28N2O3/c24-14-10-17(16-8-9-21(26)23-19(16)11-14)20(25)12-22-18-7-3-6-15(18)13-4-1-2-5-13/h8-11,13,15,18,20,22,24-25H,1-7,12H2,(H,23,26)/t15-,18-,20-/m0/s1. The molecule has 0 aliphatic heterocycles. The molecule has 1 aromatic heterocycles. The van der Waals surface area contributed by atoms with E-state index in [2.05, 4.69) is 10.3 Å². The van der Waals surface area contributed by atoms with E-state index >= 15 is 0 Å². The van der Waals surface area contributed by atoms with Crippen LogP contribution >= 0.6 is 0 Å². The van der Waals surface area contributed by atoms with E-state index in [1.54, 1.807) is 12.1 Å². The summed E-state index contributed by atoms with van der Waals surface area (Å²) in [5.41, 5.74) is 0.988. The van der Waals surface area contributed by atoms with E-state index in [-0.39, 0.29) is 11.3 Å². The van der Waals surface area contributed by atoms with Crippen LogP contribution in [0.2, 0.25) is 0 Å². The minimum atomic E-state index is -0.722. The molecule has 1 heterocycles. The predicted octanol–water partition coefficient (Wildman–Crippen LogP) is 3.22. The Hall–Kier alpha value is -1.85. The first kappa shape index (κ1) is 17.6. The third-order valence-corrected chi connectivity index (χ3v) is 6.36. The molecule has 0 bridgehead atoms. The molecule has 2 saturated carbocycles. The number of phenols is 1. The summed E-state index contributed by atoms with van der Waals surface area (Å²) >= 11 is 0. The molecule has 5 heteroatoms. The molecule has 2 aromatic rings. The van der Waals surface area contributed by atoms with Crippen molar-refractivity contribution in [3.8, 4) is 5.75 Å². The van der Waals surface area contributed by atoms with Crippen LogP contribution in [0.1, 0.15) is 56.6 Å². The highest BCUT2D eigenvalue weighted by Crippen LogP contribution is 2.40. The molecule has 2 fully saturated rings. The van der Waals surface area contributed by atoms with E-state index < -0.39 is 6.10 Å². The molecule has 1 aromatic carbocycles. The summed E-state index contributed by atoms with van der Waals surface area (Å²) < 4.78 is 0. The van der Waals surface area contributed by atoms with Crippen molar-refractivity contribution in [3.63, 3.8) is 0 Å². The fourth-order valence-electron chi connectivity index (χ4n) is 5.12. The van der Waals surface area contributed by atoms with Crippen molar-refractivity contribution in [3.05, 3.63) is 40.2 Å². The molecule has 5 nitrogen and oxygen atoms in total. The molecule has 0 radical (unpaired) electrons. The average molecular weight is 356 g/mol. The van der Waals surface area contributed by atoms with Gasteiger partial charge in [-0.25, -0.2) is 0 Å².